The van der Waals surface area contributed by atoms with Crippen LogP contribution >= 0.6 is 11.3 Å². The van der Waals surface area contributed by atoms with Crippen LogP contribution in [0, 0.1) is 11.8 Å². The van der Waals surface area contributed by atoms with Crippen molar-refractivity contribution < 1.29 is 4.79 Å². The molecule has 3 nitrogen and oxygen atoms in total. The molecule has 4 heteroatoms. The molecular weight excluding hydrogens is 256 g/mol. The van der Waals surface area contributed by atoms with E-state index in [0.29, 0.717) is 24.4 Å². The topological polar surface area (TPSA) is 46.3 Å². The average Bonchev–Trinajstić information content (AvgIpc) is 2.95. The fourth-order valence-corrected chi connectivity index (χ4v) is 3.90. The van der Waals surface area contributed by atoms with Crippen LogP contribution in [0.3, 0.4) is 0 Å². The fourth-order valence-electron chi connectivity index (χ4n) is 3.20. The number of amides is 1. The third-order valence-corrected chi connectivity index (χ3v) is 5.32. The van der Waals surface area contributed by atoms with Gasteiger partial charge in [0, 0.05) is 16.8 Å². The second-order valence-corrected chi connectivity index (χ2v) is 6.84. The first-order valence-corrected chi connectivity index (χ1v) is 8.20. The average molecular weight is 278 g/mol. The molecule has 104 valence electrons. The zero-order valence-corrected chi connectivity index (χ0v) is 12.1. The second kappa shape index (κ2) is 5.63. The highest BCUT2D eigenvalue weighted by molar-refractivity contribution is 7.09. The first-order chi connectivity index (χ1) is 9.29. The van der Waals surface area contributed by atoms with Gasteiger partial charge in [-0.15, -0.1) is 11.3 Å². The Kier molecular flexibility index (Phi) is 3.89. The molecule has 19 heavy (non-hydrogen) atoms. The third kappa shape index (κ3) is 2.84. The van der Waals surface area contributed by atoms with E-state index in [1.165, 1.54) is 17.7 Å². The predicted molar refractivity (Wildman–Crippen MR) is 77.8 cm³/mol. The van der Waals surface area contributed by atoms with Crippen LogP contribution in [0.5, 0.6) is 0 Å². The minimum Gasteiger partial charge on any atom is -0.334 e. The van der Waals surface area contributed by atoms with E-state index in [1.54, 1.807) is 11.3 Å². The summed E-state index contributed by atoms with van der Waals surface area (Å²) in [4.78, 5) is 16.2. The molecule has 1 aromatic heterocycles. The Morgan fingerprint density at radius 2 is 2.21 bits per heavy atom. The molecular formula is C15H22N2OS. The number of rotatable bonds is 5. The van der Waals surface area contributed by atoms with Crippen molar-refractivity contribution in [1.29, 1.82) is 0 Å². The molecule has 2 unspecified atom stereocenters. The van der Waals surface area contributed by atoms with Gasteiger partial charge in [-0.3, -0.25) is 4.79 Å². The Balaban J connectivity index is 1.71. The maximum Gasteiger partial charge on any atom is 0.226 e. The summed E-state index contributed by atoms with van der Waals surface area (Å²) in [6, 6.07) is 4.68. The number of thiophene rings is 1. The van der Waals surface area contributed by atoms with E-state index in [2.05, 4.69) is 22.4 Å². The van der Waals surface area contributed by atoms with Crippen LogP contribution in [-0.2, 0) is 11.3 Å². The number of carbonyl (C=O) groups is 1. The summed E-state index contributed by atoms with van der Waals surface area (Å²) < 4.78 is 0. The van der Waals surface area contributed by atoms with E-state index in [1.807, 2.05) is 0 Å². The molecule has 0 aromatic carbocycles. The molecule has 2 saturated carbocycles. The van der Waals surface area contributed by atoms with Gasteiger partial charge in [-0.25, -0.2) is 0 Å². The fraction of sp³-hybridized carbons (Fsp3) is 0.667. The van der Waals surface area contributed by atoms with E-state index in [9.17, 15) is 4.79 Å². The van der Waals surface area contributed by atoms with Crippen LogP contribution in [0.1, 0.15) is 37.0 Å². The molecule has 2 aliphatic rings. The maximum atomic E-state index is 12.8. The highest BCUT2D eigenvalue weighted by Crippen LogP contribution is 2.37. The molecule has 3 rings (SSSR count). The van der Waals surface area contributed by atoms with Crippen molar-refractivity contribution in [2.75, 3.05) is 6.54 Å². The van der Waals surface area contributed by atoms with Crippen molar-refractivity contribution in [3.63, 3.8) is 0 Å². The van der Waals surface area contributed by atoms with Crippen molar-refractivity contribution in [2.45, 2.75) is 44.7 Å². The quantitative estimate of drug-likeness (QED) is 0.900. The van der Waals surface area contributed by atoms with E-state index in [-0.39, 0.29) is 5.92 Å². The van der Waals surface area contributed by atoms with Crippen molar-refractivity contribution in [3.05, 3.63) is 22.4 Å². The first kappa shape index (κ1) is 13.1. The summed E-state index contributed by atoms with van der Waals surface area (Å²) in [6.07, 6.45) is 5.68. The summed E-state index contributed by atoms with van der Waals surface area (Å²) in [7, 11) is 0. The van der Waals surface area contributed by atoms with E-state index in [0.717, 1.165) is 25.8 Å². The minimum atomic E-state index is 0.186. The van der Waals surface area contributed by atoms with Crippen LogP contribution in [0.2, 0.25) is 0 Å². The number of nitrogens with zero attached hydrogens (tertiary/aromatic N) is 1. The monoisotopic (exact) mass is 278 g/mol. The molecule has 2 fully saturated rings. The molecule has 0 aliphatic heterocycles. The van der Waals surface area contributed by atoms with Gasteiger partial charge in [-0.2, -0.15) is 0 Å². The Hall–Kier alpha value is -0.870. The summed E-state index contributed by atoms with van der Waals surface area (Å²) in [5.41, 5.74) is 5.82. The zero-order valence-electron chi connectivity index (χ0n) is 11.3. The number of nitrogens with two attached hydrogens (primary N) is 1. The Bertz CT molecular complexity index is 427. The molecule has 2 N–H and O–H groups in total. The van der Waals surface area contributed by atoms with E-state index < -0.39 is 0 Å². The normalized spacial score (nSPS) is 26.6. The molecule has 1 amide bonds. The van der Waals surface area contributed by atoms with Gasteiger partial charge >= 0.3 is 0 Å². The Morgan fingerprint density at radius 1 is 1.37 bits per heavy atom. The molecule has 0 radical (unpaired) electrons. The van der Waals surface area contributed by atoms with Gasteiger partial charge < -0.3 is 10.6 Å². The lowest BCUT2D eigenvalue weighted by molar-refractivity contribution is -0.137. The van der Waals surface area contributed by atoms with Gasteiger partial charge in [0.25, 0.3) is 0 Å². The lowest BCUT2D eigenvalue weighted by Crippen LogP contribution is -2.39. The highest BCUT2D eigenvalue weighted by Gasteiger charge is 2.40. The minimum absolute atomic E-state index is 0.186. The second-order valence-electron chi connectivity index (χ2n) is 5.81. The number of carbonyl (C=O) groups excluding carboxylic acids is 1. The van der Waals surface area contributed by atoms with Crippen LogP contribution in [0.4, 0.5) is 0 Å². The van der Waals surface area contributed by atoms with Gasteiger partial charge in [0.15, 0.2) is 0 Å². The standard InChI is InChI=1S/C15H22N2OS/c16-9-11-3-1-5-14(11)15(18)17(12-6-7-12)10-13-4-2-8-19-13/h2,4,8,11-12,14H,1,3,5-7,9-10,16H2. The number of hydrogen-bond donors (Lipinski definition) is 1. The highest BCUT2D eigenvalue weighted by atomic mass is 32.1. The Labute approximate surface area is 118 Å². The number of hydrogen-bond acceptors (Lipinski definition) is 3. The van der Waals surface area contributed by atoms with E-state index >= 15 is 0 Å². The molecule has 0 saturated heterocycles. The largest absolute Gasteiger partial charge is 0.334 e. The molecule has 0 spiro atoms. The molecule has 0 bridgehead atoms. The van der Waals surface area contributed by atoms with Crippen LogP contribution in [0.25, 0.3) is 0 Å². The van der Waals surface area contributed by atoms with Crippen molar-refractivity contribution in [3.8, 4) is 0 Å². The lowest BCUT2D eigenvalue weighted by atomic mass is 9.94. The first-order valence-electron chi connectivity index (χ1n) is 7.32. The molecule has 1 heterocycles. The predicted octanol–water partition coefficient (Wildman–Crippen LogP) is 2.61. The third-order valence-electron chi connectivity index (χ3n) is 4.46. The summed E-state index contributed by atoms with van der Waals surface area (Å²) >= 11 is 1.74. The smallest absolute Gasteiger partial charge is 0.226 e. The van der Waals surface area contributed by atoms with Gasteiger partial charge in [-0.1, -0.05) is 12.5 Å². The molecule has 1 aromatic rings. The van der Waals surface area contributed by atoms with Crippen LogP contribution in [-0.4, -0.2) is 23.4 Å². The van der Waals surface area contributed by atoms with Gasteiger partial charge in [-0.05, 0) is 49.6 Å². The van der Waals surface area contributed by atoms with Gasteiger partial charge in [0.05, 0.1) is 6.54 Å². The van der Waals surface area contributed by atoms with Crippen LogP contribution < -0.4 is 5.73 Å². The maximum absolute atomic E-state index is 12.8. The SMILES string of the molecule is NCC1CCCC1C(=O)N(Cc1cccs1)C1CC1. The van der Waals surface area contributed by atoms with Crippen molar-refractivity contribution in [2.24, 2.45) is 17.6 Å². The summed E-state index contributed by atoms with van der Waals surface area (Å²) in [5.74, 6) is 0.964. The Morgan fingerprint density at radius 3 is 2.84 bits per heavy atom. The molecule has 2 aliphatic carbocycles. The van der Waals surface area contributed by atoms with Gasteiger partial charge in [0.2, 0.25) is 5.91 Å². The van der Waals surface area contributed by atoms with Crippen molar-refractivity contribution >= 4 is 17.2 Å². The molecule has 2 atom stereocenters. The zero-order chi connectivity index (χ0) is 13.2. The van der Waals surface area contributed by atoms with Crippen LogP contribution in [0.15, 0.2) is 17.5 Å². The summed E-state index contributed by atoms with van der Waals surface area (Å²) in [6.45, 7) is 1.46. The summed E-state index contributed by atoms with van der Waals surface area (Å²) in [5, 5.41) is 2.09. The van der Waals surface area contributed by atoms with Crippen molar-refractivity contribution in [1.82, 2.24) is 4.90 Å². The lowest BCUT2D eigenvalue weighted by Gasteiger charge is -2.27. The van der Waals surface area contributed by atoms with Gasteiger partial charge in [0.1, 0.15) is 0 Å². The van der Waals surface area contributed by atoms with E-state index in [4.69, 9.17) is 5.73 Å².